The summed E-state index contributed by atoms with van der Waals surface area (Å²) in [5, 5.41) is 10.6. The highest BCUT2D eigenvalue weighted by molar-refractivity contribution is 7.47. The molecule has 19 heteroatoms. The lowest BCUT2D eigenvalue weighted by Crippen LogP contribution is -2.30. The normalized spacial score (nSPS) is 14.1. The Morgan fingerprint density at radius 1 is 0.310 bits per heavy atom. The number of phosphoric acid groups is 2. The van der Waals surface area contributed by atoms with Crippen LogP contribution < -0.4 is 0 Å². The predicted octanol–water partition coefficient (Wildman–Crippen LogP) is 23.8. The Morgan fingerprint density at radius 3 is 0.820 bits per heavy atom. The molecule has 0 aliphatic carbocycles. The number of rotatable bonds is 78. The number of hydrogen-bond acceptors (Lipinski definition) is 15. The van der Waals surface area contributed by atoms with E-state index in [1.165, 1.54) is 205 Å². The van der Waals surface area contributed by atoms with Crippen molar-refractivity contribution in [3.05, 3.63) is 24.3 Å². The topological polar surface area (TPSA) is 237 Å². The Morgan fingerprint density at radius 2 is 0.540 bits per heavy atom. The zero-order chi connectivity index (χ0) is 73.5. The maximum Gasteiger partial charge on any atom is 0.472 e. The summed E-state index contributed by atoms with van der Waals surface area (Å²) in [7, 11) is -9.93. The van der Waals surface area contributed by atoms with Crippen LogP contribution >= 0.6 is 15.6 Å². The number of carbonyl (C=O) groups is 4. The lowest BCUT2D eigenvalue weighted by molar-refractivity contribution is -0.161. The largest absolute Gasteiger partial charge is 0.472 e. The van der Waals surface area contributed by atoms with Crippen molar-refractivity contribution in [2.45, 2.75) is 419 Å². The number of hydrogen-bond donors (Lipinski definition) is 3. The van der Waals surface area contributed by atoms with Crippen LogP contribution in [0.1, 0.15) is 401 Å². The molecule has 0 aliphatic heterocycles. The SMILES string of the molecule is CCCCCC/C=C\C=C/CCCCCCCC(=O)O[C@H](COC(=O)CCCCCCCCCCCCC)COP(=O)(O)OC[C@H](O)COP(=O)(O)OC[C@@H](COC(=O)CCCCCCCCCCCCCCCCC(C)C)OC(=O)CCCCCCCCCCCCCCCCC(C)C. The molecule has 0 aliphatic rings. The minimum absolute atomic E-state index is 0.0854. The number of ether oxygens (including phenoxy) is 4. The Bertz CT molecular complexity index is 2020. The molecule has 590 valence electrons. The van der Waals surface area contributed by atoms with Gasteiger partial charge in [-0.2, -0.15) is 0 Å². The van der Waals surface area contributed by atoms with Crippen LogP contribution in [-0.2, 0) is 65.4 Å². The number of aliphatic hydroxyl groups is 1. The van der Waals surface area contributed by atoms with Crippen LogP contribution in [0.2, 0.25) is 0 Å². The Balaban J connectivity index is 5.29. The monoisotopic (exact) mass is 1460 g/mol. The van der Waals surface area contributed by atoms with E-state index in [2.05, 4.69) is 65.8 Å². The van der Waals surface area contributed by atoms with E-state index in [0.717, 1.165) is 115 Å². The molecule has 2 unspecified atom stereocenters. The molecule has 0 radical (unpaired) electrons. The summed E-state index contributed by atoms with van der Waals surface area (Å²) in [5.74, 6) is -0.546. The van der Waals surface area contributed by atoms with Crippen molar-refractivity contribution < 1.29 is 80.2 Å². The van der Waals surface area contributed by atoms with Crippen LogP contribution in [0.5, 0.6) is 0 Å². The minimum atomic E-state index is -4.97. The third kappa shape index (κ3) is 73.8. The third-order valence-electron chi connectivity index (χ3n) is 18.3. The van der Waals surface area contributed by atoms with Crippen LogP contribution in [0.15, 0.2) is 24.3 Å². The molecular weight excluding hydrogens is 1310 g/mol. The maximum absolute atomic E-state index is 13.1. The molecular formula is C81H154O17P2. The summed E-state index contributed by atoms with van der Waals surface area (Å²) in [4.78, 5) is 73.0. The second-order valence-corrected chi connectivity index (χ2v) is 32.3. The van der Waals surface area contributed by atoms with Gasteiger partial charge >= 0.3 is 39.5 Å². The van der Waals surface area contributed by atoms with Gasteiger partial charge in [0.15, 0.2) is 12.2 Å². The van der Waals surface area contributed by atoms with Crippen molar-refractivity contribution in [2.24, 2.45) is 11.8 Å². The minimum Gasteiger partial charge on any atom is -0.462 e. The lowest BCUT2D eigenvalue weighted by atomic mass is 10.0. The van der Waals surface area contributed by atoms with Crippen LogP contribution in [0, 0.1) is 11.8 Å². The van der Waals surface area contributed by atoms with E-state index in [0.29, 0.717) is 25.7 Å². The van der Waals surface area contributed by atoms with Gasteiger partial charge in [0.2, 0.25) is 0 Å². The van der Waals surface area contributed by atoms with Crippen molar-refractivity contribution in [1.82, 2.24) is 0 Å². The maximum atomic E-state index is 13.1. The Hall–Kier alpha value is -2.46. The van der Waals surface area contributed by atoms with Crippen LogP contribution in [0.4, 0.5) is 0 Å². The van der Waals surface area contributed by atoms with E-state index in [9.17, 15) is 43.2 Å². The van der Waals surface area contributed by atoms with Crippen LogP contribution in [0.25, 0.3) is 0 Å². The first-order valence-electron chi connectivity index (χ1n) is 41.3. The van der Waals surface area contributed by atoms with Gasteiger partial charge in [-0.05, 0) is 63.2 Å². The summed E-state index contributed by atoms with van der Waals surface area (Å²) in [6.45, 7) is 9.61. The Kier molecular flexibility index (Phi) is 70.3. The molecule has 0 saturated carbocycles. The quantitative estimate of drug-likeness (QED) is 0.0169. The molecule has 0 heterocycles. The summed E-state index contributed by atoms with van der Waals surface area (Å²) >= 11 is 0. The number of phosphoric ester groups is 2. The highest BCUT2D eigenvalue weighted by Crippen LogP contribution is 2.45. The number of esters is 4. The second kappa shape index (κ2) is 72.1. The summed E-state index contributed by atoms with van der Waals surface area (Å²) < 4.78 is 68.7. The molecule has 100 heavy (non-hydrogen) atoms. The zero-order valence-corrected chi connectivity index (χ0v) is 66.8. The van der Waals surface area contributed by atoms with Crippen molar-refractivity contribution in [3.63, 3.8) is 0 Å². The smallest absolute Gasteiger partial charge is 0.462 e. The molecule has 17 nitrogen and oxygen atoms in total. The fourth-order valence-electron chi connectivity index (χ4n) is 12.0. The summed E-state index contributed by atoms with van der Waals surface area (Å²) in [6, 6.07) is 0. The molecule has 0 spiro atoms. The first-order chi connectivity index (χ1) is 48.4. The van der Waals surface area contributed by atoms with E-state index in [4.69, 9.17) is 37.0 Å². The van der Waals surface area contributed by atoms with Crippen molar-refractivity contribution >= 4 is 39.5 Å². The Labute approximate surface area is 612 Å². The van der Waals surface area contributed by atoms with Crippen molar-refractivity contribution in [1.29, 1.82) is 0 Å². The number of aliphatic hydroxyl groups excluding tert-OH is 1. The summed E-state index contributed by atoms with van der Waals surface area (Å²) in [6.07, 6.45) is 64.5. The van der Waals surface area contributed by atoms with Gasteiger partial charge in [0.05, 0.1) is 26.4 Å². The van der Waals surface area contributed by atoms with E-state index in [-0.39, 0.29) is 25.7 Å². The van der Waals surface area contributed by atoms with Gasteiger partial charge in [-0.3, -0.25) is 37.3 Å². The molecule has 0 saturated heterocycles. The third-order valence-corrected chi connectivity index (χ3v) is 20.2. The van der Waals surface area contributed by atoms with Gasteiger partial charge in [-0.25, -0.2) is 9.13 Å². The fraction of sp³-hybridized carbons (Fsp3) is 0.901. The van der Waals surface area contributed by atoms with Crippen LogP contribution in [-0.4, -0.2) is 96.7 Å². The molecule has 5 atom stereocenters. The standard InChI is InChI=1S/C81H154O17P2/c1-7-9-11-13-15-17-19-20-21-29-35-41-47-53-59-65-80(85)97-76(69-91-78(83)63-57-51-45-39-31-18-16-14-12-10-8-2)71-95-99(87,88)93-67-75(82)68-94-100(89,90)96-72-77(98-81(86)66-60-54-48-42-36-30-25-23-27-33-38-44-50-56-62-74(5)6)70-92-79(84)64-58-52-46-40-34-28-24-22-26-32-37-43-49-55-61-73(3)4/h17,19-21,73-77,82H,7-16,18,22-72H2,1-6H3,(H,87,88)(H,89,90)/b19-17-,21-20-/t75-,76+,77+/m0/s1. The van der Waals surface area contributed by atoms with E-state index in [1.807, 2.05) is 0 Å². The van der Waals surface area contributed by atoms with Crippen LogP contribution in [0.3, 0.4) is 0 Å². The van der Waals surface area contributed by atoms with Gasteiger partial charge in [-0.1, -0.05) is 348 Å². The average molecular weight is 1460 g/mol. The molecule has 0 aromatic heterocycles. The fourth-order valence-corrected chi connectivity index (χ4v) is 13.6. The van der Waals surface area contributed by atoms with Gasteiger partial charge in [0.1, 0.15) is 19.3 Å². The van der Waals surface area contributed by atoms with Gasteiger partial charge in [-0.15, -0.1) is 0 Å². The molecule has 0 bridgehead atoms. The number of allylic oxidation sites excluding steroid dienone is 4. The molecule has 0 amide bonds. The first-order valence-corrected chi connectivity index (χ1v) is 44.3. The number of unbranched alkanes of at least 4 members (excludes halogenated alkanes) is 45. The van der Waals surface area contributed by atoms with E-state index < -0.39 is 97.5 Å². The van der Waals surface area contributed by atoms with E-state index in [1.54, 1.807) is 0 Å². The highest BCUT2D eigenvalue weighted by atomic mass is 31.2. The van der Waals surface area contributed by atoms with Crippen molar-refractivity contribution in [3.8, 4) is 0 Å². The lowest BCUT2D eigenvalue weighted by Gasteiger charge is -2.21. The second-order valence-electron chi connectivity index (χ2n) is 29.4. The molecule has 0 aromatic carbocycles. The van der Waals surface area contributed by atoms with E-state index >= 15 is 0 Å². The highest BCUT2D eigenvalue weighted by Gasteiger charge is 2.30. The van der Waals surface area contributed by atoms with Crippen molar-refractivity contribution in [2.75, 3.05) is 39.6 Å². The van der Waals surface area contributed by atoms with Gasteiger partial charge < -0.3 is 33.8 Å². The predicted molar refractivity (Wildman–Crippen MR) is 409 cm³/mol. The molecule has 0 fully saturated rings. The summed E-state index contributed by atoms with van der Waals surface area (Å²) in [5.41, 5.74) is 0. The average Bonchev–Trinajstić information content (AvgIpc) is 1.04. The van der Waals surface area contributed by atoms with Gasteiger partial charge in [0.25, 0.3) is 0 Å². The number of carbonyl (C=O) groups excluding carboxylic acids is 4. The zero-order valence-electron chi connectivity index (χ0n) is 65.0. The first kappa shape index (κ1) is 97.5. The molecule has 0 rings (SSSR count). The molecule has 0 aromatic rings. The molecule has 3 N–H and O–H groups in total. The van der Waals surface area contributed by atoms with Gasteiger partial charge in [0, 0.05) is 25.7 Å².